The quantitative estimate of drug-likeness (QED) is 0.114. The van der Waals surface area contributed by atoms with E-state index in [4.69, 9.17) is 4.74 Å². The summed E-state index contributed by atoms with van der Waals surface area (Å²) in [5, 5.41) is 0. The average molecular weight is 734 g/mol. The topological polar surface area (TPSA) is 27.7 Å². The molecule has 0 fully saturated rings. The Morgan fingerprint density at radius 2 is 1.09 bits per heavy atom. The molecule has 2 aliphatic rings. The van der Waals surface area contributed by atoms with Gasteiger partial charge in [0.2, 0.25) is 0 Å². The molecule has 0 bridgehead atoms. The molecule has 0 heterocycles. The van der Waals surface area contributed by atoms with E-state index in [1.54, 1.807) is 57.3 Å². The summed E-state index contributed by atoms with van der Waals surface area (Å²) in [4.78, 5) is 0. The second-order valence-electron chi connectivity index (χ2n) is 8.77. The second-order valence-corrected chi connectivity index (χ2v) is 11.1. The van der Waals surface area contributed by atoms with E-state index in [1.165, 1.54) is 12.2 Å². The Hall–Kier alpha value is -0.440. The van der Waals surface area contributed by atoms with Crippen LogP contribution in [0.3, 0.4) is 0 Å². The molecule has 11 heteroatoms. The predicted octanol–water partition coefficient (Wildman–Crippen LogP) is 9.93. The van der Waals surface area contributed by atoms with E-state index in [2.05, 4.69) is 9.47 Å². The van der Waals surface area contributed by atoms with Crippen molar-refractivity contribution < 1.29 is 40.6 Å². The molecule has 0 aromatic rings. The largest absolute Gasteiger partial charge is 0.573 e. The SMILES string of the molecule is CCCCCC1(OC2(CCCCC)C=C(OC(F)(F)F)C(I)=CC2)C=C(OC(F)(F)F)C(I)=CC1. The lowest BCUT2D eigenvalue weighted by Gasteiger charge is -2.44. The fourth-order valence-electron chi connectivity index (χ4n) is 4.21. The Kier molecular flexibility index (Phi) is 11.3. The molecule has 0 saturated carbocycles. The van der Waals surface area contributed by atoms with E-state index in [9.17, 15) is 26.3 Å². The first-order valence-electron chi connectivity index (χ1n) is 11.6. The Balaban J connectivity index is 2.50. The molecule has 35 heavy (non-hydrogen) atoms. The molecule has 0 saturated heterocycles. The number of alkyl halides is 6. The van der Waals surface area contributed by atoms with Crippen molar-refractivity contribution in [2.24, 2.45) is 0 Å². The van der Waals surface area contributed by atoms with Gasteiger partial charge in [0.1, 0.15) is 11.5 Å². The number of unbranched alkanes of at least 4 members (excludes halogenated alkanes) is 4. The third-order valence-corrected chi connectivity index (χ3v) is 7.72. The van der Waals surface area contributed by atoms with Crippen molar-refractivity contribution >= 4 is 45.2 Å². The summed E-state index contributed by atoms with van der Waals surface area (Å²) in [7, 11) is 0. The van der Waals surface area contributed by atoms with Crippen LogP contribution in [-0.4, -0.2) is 23.9 Å². The molecule has 3 nitrogen and oxygen atoms in total. The van der Waals surface area contributed by atoms with Crippen LogP contribution < -0.4 is 0 Å². The molecule has 0 aromatic heterocycles. The molecule has 0 N–H and O–H groups in total. The first-order valence-corrected chi connectivity index (χ1v) is 13.8. The van der Waals surface area contributed by atoms with Crippen molar-refractivity contribution in [1.29, 1.82) is 0 Å². The maximum absolute atomic E-state index is 13.1. The molecule has 0 spiro atoms. The molecule has 2 rings (SSSR count). The van der Waals surface area contributed by atoms with Crippen LogP contribution in [0.4, 0.5) is 26.3 Å². The fourth-order valence-corrected chi connectivity index (χ4v) is 5.18. The summed E-state index contributed by atoms with van der Waals surface area (Å²) in [5.41, 5.74) is -2.32. The Morgan fingerprint density at radius 1 is 0.714 bits per heavy atom. The normalized spacial score (nSPS) is 25.4. The first-order chi connectivity index (χ1) is 16.2. The molecular formula is C24H30F6I2O3. The van der Waals surface area contributed by atoms with E-state index in [0.717, 1.165) is 25.7 Å². The molecule has 0 aliphatic heterocycles. The third kappa shape index (κ3) is 10.1. The van der Waals surface area contributed by atoms with Gasteiger partial charge in [-0.1, -0.05) is 64.5 Å². The van der Waals surface area contributed by atoms with Crippen molar-refractivity contribution in [1.82, 2.24) is 0 Å². The van der Waals surface area contributed by atoms with Crippen molar-refractivity contribution in [3.05, 3.63) is 43.0 Å². The van der Waals surface area contributed by atoms with Gasteiger partial charge in [-0.2, -0.15) is 0 Å². The summed E-state index contributed by atoms with van der Waals surface area (Å²) < 4.78 is 94.3. The number of allylic oxidation sites excluding steroid dienone is 2. The highest BCUT2D eigenvalue weighted by Gasteiger charge is 2.45. The van der Waals surface area contributed by atoms with Gasteiger partial charge in [0, 0.05) is 0 Å². The first kappa shape index (κ1) is 30.8. The summed E-state index contributed by atoms with van der Waals surface area (Å²) in [6.45, 7) is 4.02. The van der Waals surface area contributed by atoms with Crippen LogP contribution in [0.15, 0.2) is 43.0 Å². The Bertz CT molecular complexity index is 779. The highest BCUT2D eigenvalue weighted by atomic mass is 127. The van der Waals surface area contributed by atoms with Crippen LogP contribution in [0.2, 0.25) is 0 Å². The van der Waals surface area contributed by atoms with E-state index >= 15 is 0 Å². The van der Waals surface area contributed by atoms with Crippen LogP contribution in [0.5, 0.6) is 0 Å². The second kappa shape index (κ2) is 12.9. The van der Waals surface area contributed by atoms with Gasteiger partial charge in [-0.05, 0) is 83.0 Å². The van der Waals surface area contributed by atoms with Crippen LogP contribution in [0, 0.1) is 0 Å². The zero-order valence-electron chi connectivity index (χ0n) is 19.6. The summed E-state index contributed by atoms with van der Waals surface area (Å²) in [6, 6.07) is 0. The van der Waals surface area contributed by atoms with Crippen LogP contribution in [-0.2, 0) is 14.2 Å². The minimum atomic E-state index is -4.88. The lowest BCUT2D eigenvalue weighted by molar-refractivity contribution is -0.304. The van der Waals surface area contributed by atoms with E-state index < -0.39 is 23.9 Å². The van der Waals surface area contributed by atoms with Crippen LogP contribution >= 0.6 is 45.2 Å². The van der Waals surface area contributed by atoms with E-state index in [0.29, 0.717) is 45.7 Å². The zero-order chi connectivity index (χ0) is 26.3. The standard InChI is InChI=1S/C24H30F6I2O3/c1-3-5-7-11-21(13-9-17(31)19(15-21)33-23(25,26)27)35-22(12-8-6-4-2)14-10-18(32)20(16-22)34-24(28,29)30/h9-10,15-16H,3-8,11-14H2,1-2H3. The van der Waals surface area contributed by atoms with Gasteiger partial charge < -0.3 is 14.2 Å². The van der Waals surface area contributed by atoms with Gasteiger partial charge in [0.25, 0.3) is 0 Å². The van der Waals surface area contributed by atoms with Crippen LogP contribution in [0.25, 0.3) is 0 Å². The van der Waals surface area contributed by atoms with Gasteiger partial charge >= 0.3 is 12.7 Å². The lowest BCUT2D eigenvalue weighted by atomic mass is 9.83. The summed E-state index contributed by atoms with van der Waals surface area (Å²) in [6.07, 6.45) is 2.47. The van der Waals surface area contributed by atoms with Gasteiger partial charge in [0.05, 0.1) is 18.4 Å². The summed E-state index contributed by atoms with van der Waals surface area (Å²) in [5.74, 6) is -0.692. The third-order valence-electron chi connectivity index (χ3n) is 5.78. The van der Waals surface area contributed by atoms with E-state index in [-0.39, 0.29) is 11.5 Å². The maximum Gasteiger partial charge on any atom is 0.573 e. The number of hydrogen-bond donors (Lipinski definition) is 0. The molecular weight excluding hydrogens is 704 g/mol. The van der Waals surface area contributed by atoms with Gasteiger partial charge in [-0.3, -0.25) is 0 Å². The zero-order valence-corrected chi connectivity index (χ0v) is 23.9. The molecule has 2 atom stereocenters. The van der Waals surface area contributed by atoms with Gasteiger partial charge in [-0.25, -0.2) is 0 Å². The number of hydrogen-bond acceptors (Lipinski definition) is 3. The van der Waals surface area contributed by atoms with Crippen LogP contribution in [0.1, 0.15) is 78.1 Å². The highest BCUT2D eigenvalue weighted by molar-refractivity contribution is 14.1. The van der Waals surface area contributed by atoms with Gasteiger partial charge in [0.15, 0.2) is 0 Å². The van der Waals surface area contributed by atoms with E-state index in [1.807, 2.05) is 13.8 Å². The smallest absolute Gasteiger partial charge is 0.405 e. The Morgan fingerprint density at radius 3 is 1.40 bits per heavy atom. The molecule has 2 aliphatic carbocycles. The summed E-state index contributed by atoms with van der Waals surface area (Å²) >= 11 is 3.58. The monoisotopic (exact) mass is 734 g/mol. The number of rotatable bonds is 12. The molecule has 200 valence electrons. The van der Waals surface area contributed by atoms with Gasteiger partial charge in [-0.15, -0.1) is 26.3 Å². The minimum absolute atomic E-state index is 0.291. The van der Waals surface area contributed by atoms with Crippen molar-refractivity contribution in [2.45, 2.75) is 102 Å². The molecule has 2 unspecified atom stereocenters. The highest BCUT2D eigenvalue weighted by Crippen LogP contribution is 2.46. The van der Waals surface area contributed by atoms with Crippen molar-refractivity contribution in [2.75, 3.05) is 0 Å². The fraction of sp³-hybridized carbons (Fsp3) is 0.667. The molecule has 0 radical (unpaired) electrons. The number of ether oxygens (including phenoxy) is 3. The minimum Gasteiger partial charge on any atom is -0.405 e. The Labute approximate surface area is 229 Å². The van der Waals surface area contributed by atoms with Crippen molar-refractivity contribution in [3.63, 3.8) is 0 Å². The molecule has 0 amide bonds. The average Bonchev–Trinajstić information content (AvgIpc) is 2.72. The lowest BCUT2D eigenvalue weighted by Crippen LogP contribution is -2.45. The number of halogens is 8. The maximum atomic E-state index is 13.1. The van der Waals surface area contributed by atoms with Crippen molar-refractivity contribution in [3.8, 4) is 0 Å². The predicted molar refractivity (Wildman–Crippen MR) is 139 cm³/mol. The molecule has 0 aromatic carbocycles.